The molecule has 5 rings (SSSR count). The van der Waals surface area contributed by atoms with Gasteiger partial charge >= 0.3 is 0 Å². The number of nitrogens with zero attached hydrogens (tertiary/aromatic N) is 2. The van der Waals surface area contributed by atoms with Crippen LogP contribution in [0.3, 0.4) is 0 Å². The molecule has 4 heterocycles. The molecule has 4 aromatic rings. The summed E-state index contributed by atoms with van der Waals surface area (Å²) in [7, 11) is 0. The van der Waals surface area contributed by atoms with Crippen molar-refractivity contribution in [2.45, 2.75) is 12.2 Å². The molecule has 3 aromatic heterocycles. The van der Waals surface area contributed by atoms with Crippen LogP contribution >= 0.6 is 34.4 Å². The molecule has 0 atom stereocenters. The van der Waals surface area contributed by atoms with Crippen molar-refractivity contribution in [1.29, 1.82) is 0 Å². The summed E-state index contributed by atoms with van der Waals surface area (Å²) in [6.07, 6.45) is 0.906. The number of thiophene rings is 2. The molecule has 5 nitrogen and oxygen atoms in total. The highest BCUT2D eigenvalue weighted by molar-refractivity contribution is 7.99. The first-order chi connectivity index (χ1) is 14.2. The summed E-state index contributed by atoms with van der Waals surface area (Å²) >= 11 is 4.58. The molecule has 0 aliphatic carbocycles. The predicted molar refractivity (Wildman–Crippen MR) is 122 cm³/mol. The Morgan fingerprint density at radius 3 is 2.97 bits per heavy atom. The fraction of sp³-hybridized carbons (Fsp3) is 0.190. The Hall–Kier alpha value is -2.42. The number of H-pyrrole nitrogens is 1. The zero-order valence-electron chi connectivity index (χ0n) is 15.4. The second kappa shape index (κ2) is 7.78. The average Bonchev–Trinajstić information content (AvgIpc) is 3.46. The molecule has 0 saturated heterocycles. The van der Waals surface area contributed by atoms with E-state index in [1.807, 2.05) is 46.0 Å². The van der Waals surface area contributed by atoms with Crippen molar-refractivity contribution in [2.24, 2.45) is 0 Å². The number of carbonyl (C=O) groups is 1. The van der Waals surface area contributed by atoms with Crippen LogP contribution in [0.1, 0.15) is 11.4 Å². The van der Waals surface area contributed by atoms with Gasteiger partial charge in [-0.15, -0.1) is 34.4 Å². The van der Waals surface area contributed by atoms with Crippen LogP contribution in [0, 0.1) is 0 Å². The van der Waals surface area contributed by atoms with Gasteiger partial charge in [0.15, 0.2) is 0 Å². The molecule has 1 N–H and O–H groups in total. The smallest absolute Gasteiger partial charge is 0.260 e. The lowest BCUT2D eigenvalue weighted by Gasteiger charge is -2.16. The molecule has 0 bridgehead atoms. The maximum absolute atomic E-state index is 12.7. The molecule has 0 spiro atoms. The third kappa shape index (κ3) is 3.52. The van der Waals surface area contributed by atoms with Crippen LogP contribution < -0.4 is 10.5 Å². The number of fused-ring (bicyclic) bond motifs is 2. The second-order valence-corrected chi connectivity index (χ2v) is 9.53. The fourth-order valence-electron chi connectivity index (χ4n) is 3.59. The Kier molecular flexibility index (Phi) is 4.99. The predicted octanol–water partition coefficient (Wildman–Crippen LogP) is 4.54. The van der Waals surface area contributed by atoms with Crippen molar-refractivity contribution >= 4 is 56.2 Å². The minimum Gasteiger partial charge on any atom is -0.311 e. The molecule has 0 radical (unpaired) electrons. The number of amides is 1. The van der Waals surface area contributed by atoms with E-state index in [1.165, 1.54) is 28.7 Å². The maximum Gasteiger partial charge on any atom is 0.260 e. The molecule has 0 unspecified atom stereocenters. The summed E-state index contributed by atoms with van der Waals surface area (Å²) < 4.78 is 0. The van der Waals surface area contributed by atoms with E-state index in [4.69, 9.17) is 0 Å². The van der Waals surface area contributed by atoms with Crippen molar-refractivity contribution in [3.05, 3.63) is 68.9 Å². The molecule has 0 fully saturated rings. The van der Waals surface area contributed by atoms with Gasteiger partial charge in [-0.1, -0.05) is 24.3 Å². The summed E-state index contributed by atoms with van der Waals surface area (Å²) in [6, 6.07) is 12.0. The fourth-order valence-corrected chi connectivity index (χ4v) is 6.13. The number of nitrogens with one attached hydrogen (secondary N) is 1. The maximum atomic E-state index is 12.7. The number of rotatable bonds is 5. The molecule has 8 heteroatoms. The Balaban J connectivity index is 1.28. The number of anilines is 1. The van der Waals surface area contributed by atoms with Crippen LogP contribution in [0.5, 0.6) is 0 Å². The monoisotopic (exact) mass is 439 g/mol. The summed E-state index contributed by atoms with van der Waals surface area (Å²) in [5.74, 6) is 1.57. The quantitative estimate of drug-likeness (QED) is 0.496. The Morgan fingerprint density at radius 2 is 2.10 bits per heavy atom. The summed E-state index contributed by atoms with van der Waals surface area (Å²) in [6.45, 7) is 0.737. The highest BCUT2D eigenvalue weighted by Gasteiger charge is 2.23. The highest BCUT2D eigenvalue weighted by Crippen LogP contribution is 2.33. The number of thioether (sulfide) groups is 1. The molecule has 1 aliphatic heterocycles. The molecular weight excluding hydrogens is 422 g/mol. The van der Waals surface area contributed by atoms with Gasteiger partial charge in [0.25, 0.3) is 5.56 Å². The van der Waals surface area contributed by atoms with Gasteiger partial charge in [-0.3, -0.25) is 9.59 Å². The summed E-state index contributed by atoms with van der Waals surface area (Å²) in [5, 5.41) is 4.64. The van der Waals surface area contributed by atoms with E-state index in [1.54, 1.807) is 11.3 Å². The van der Waals surface area contributed by atoms with Crippen molar-refractivity contribution in [3.8, 4) is 10.4 Å². The molecule has 29 heavy (non-hydrogen) atoms. The second-order valence-electron chi connectivity index (χ2n) is 6.74. The Morgan fingerprint density at radius 1 is 1.21 bits per heavy atom. The molecule has 0 saturated carbocycles. The van der Waals surface area contributed by atoms with Crippen molar-refractivity contribution < 1.29 is 4.79 Å². The van der Waals surface area contributed by atoms with Gasteiger partial charge in [0, 0.05) is 28.1 Å². The van der Waals surface area contributed by atoms with E-state index in [-0.39, 0.29) is 11.5 Å². The Bertz CT molecular complexity index is 1240. The van der Waals surface area contributed by atoms with Gasteiger partial charge in [0.05, 0.1) is 16.9 Å². The van der Waals surface area contributed by atoms with Gasteiger partial charge in [0.2, 0.25) is 5.91 Å². The van der Waals surface area contributed by atoms with Crippen LogP contribution in [0.15, 0.2) is 52.0 Å². The van der Waals surface area contributed by atoms with E-state index in [9.17, 15) is 9.59 Å². The standard InChI is InChI=1S/C21H17N3O2S3/c25-18(24-8-7-13-4-1-2-5-15(13)24)12-27-11-17-22-20(26)19-14(10-29-21(19)23-17)16-6-3-9-28-16/h1-6,9-10H,7-8,11-12H2,(H,22,23,26). The third-order valence-corrected chi connectivity index (χ3v) is 7.64. The van der Waals surface area contributed by atoms with Gasteiger partial charge in [-0.2, -0.15) is 0 Å². The zero-order valence-corrected chi connectivity index (χ0v) is 17.8. The highest BCUT2D eigenvalue weighted by atomic mass is 32.2. The molecular formula is C21H17N3O2S3. The van der Waals surface area contributed by atoms with E-state index < -0.39 is 0 Å². The van der Waals surface area contributed by atoms with Gasteiger partial charge in [0.1, 0.15) is 10.7 Å². The van der Waals surface area contributed by atoms with E-state index in [0.717, 1.165) is 33.9 Å². The van der Waals surface area contributed by atoms with E-state index in [2.05, 4.69) is 16.0 Å². The van der Waals surface area contributed by atoms with Crippen LogP contribution in [0.4, 0.5) is 5.69 Å². The minimum absolute atomic E-state index is 0.0967. The van der Waals surface area contributed by atoms with Crippen molar-refractivity contribution in [3.63, 3.8) is 0 Å². The first-order valence-corrected chi connectivity index (χ1v) is 12.1. The lowest BCUT2D eigenvalue weighted by Crippen LogP contribution is -2.30. The van der Waals surface area contributed by atoms with E-state index in [0.29, 0.717) is 22.7 Å². The van der Waals surface area contributed by atoms with Crippen molar-refractivity contribution in [1.82, 2.24) is 9.97 Å². The lowest BCUT2D eigenvalue weighted by molar-refractivity contribution is -0.116. The summed E-state index contributed by atoms with van der Waals surface area (Å²) in [4.78, 5) is 36.5. The van der Waals surface area contributed by atoms with Gasteiger partial charge in [-0.05, 0) is 29.5 Å². The van der Waals surface area contributed by atoms with Crippen molar-refractivity contribution in [2.75, 3.05) is 17.2 Å². The molecule has 1 amide bonds. The largest absolute Gasteiger partial charge is 0.311 e. The number of aromatic nitrogens is 2. The zero-order chi connectivity index (χ0) is 19.8. The number of aromatic amines is 1. The first kappa shape index (κ1) is 18.6. The number of carbonyl (C=O) groups excluding carboxylic acids is 1. The van der Waals surface area contributed by atoms with Crippen LogP contribution in [-0.2, 0) is 17.0 Å². The SMILES string of the molecule is O=C(CSCc1nc2scc(-c3cccs3)c2c(=O)[nH]1)N1CCc2ccccc21. The number of para-hydroxylation sites is 1. The van der Waals surface area contributed by atoms with Gasteiger partial charge in [-0.25, -0.2) is 4.98 Å². The number of hydrogen-bond acceptors (Lipinski definition) is 6. The molecule has 146 valence electrons. The van der Waals surface area contributed by atoms with Crippen LogP contribution in [-0.4, -0.2) is 28.2 Å². The summed E-state index contributed by atoms with van der Waals surface area (Å²) in [5.41, 5.74) is 3.07. The lowest BCUT2D eigenvalue weighted by atomic mass is 10.2. The number of hydrogen-bond donors (Lipinski definition) is 1. The number of benzene rings is 1. The Labute approximate surface area is 179 Å². The van der Waals surface area contributed by atoms with Crippen LogP contribution in [0.25, 0.3) is 20.7 Å². The minimum atomic E-state index is -0.116. The molecule has 1 aromatic carbocycles. The topological polar surface area (TPSA) is 66.1 Å². The average molecular weight is 440 g/mol. The van der Waals surface area contributed by atoms with Gasteiger partial charge < -0.3 is 9.88 Å². The first-order valence-electron chi connectivity index (χ1n) is 9.21. The van der Waals surface area contributed by atoms with E-state index >= 15 is 0 Å². The molecule has 1 aliphatic rings. The normalized spacial score (nSPS) is 13.2. The van der Waals surface area contributed by atoms with Crippen LogP contribution in [0.2, 0.25) is 0 Å². The third-order valence-electron chi connectivity index (χ3n) is 4.93.